The van der Waals surface area contributed by atoms with E-state index in [2.05, 4.69) is 4.98 Å². The molecular weight excluding hydrogens is 321 g/mol. The van der Waals surface area contributed by atoms with Crippen LogP contribution in [0.3, 0.4) is 0 Å². The van der Waals surface area contributed by atoms with Crippen molar-refractivity contribution in [2.24, 2.45) is 0 Å². The Kier molecular flexibility index (Phi) is 4.58. The summed E-state index contributed by atoms with van der Waals surface area (Å²) in [5, 5.41) is 2.73. The first kappa shape index (κ1) is 16.5. The average molecular weight is 333 g/mol. The van der Waals surface area contributed by atoms with Crippen molar-refractivity contribution >= 4 is 34.1 Å². The number of amides is 1. The molecule has 2 rings (SSSR count). The number of halogens is 4. The third kappa shape index (κ3) is 3.48. The number of aromatic nitrogens is 1. The number of methoxy groups -OCH3 is 1. The van der Waals surface area contributed by atoms with Crippen LogP contribution in [-0.2, 0) is 16.1 Å². The van der Waals surface area contributed by atoms with Crippen molar-refractivity contribution in [3.8, 4) is 0 Å². The van der Waals surface area contributed by atoms with Crippen LogP contribution in [-0.4, -0.2) is 24.2 Å². The van der Waals surface area contributed by atoms with Gasteiger partial charge in [-0.3, -0.25) is 4.79 Å². The minimum atomic E-state index is -4.95. The molecule has 0 radical (unpaired) electrons. The van der Waals surface area contributed by atoms with Crippen LogP contribution in [0.25, 0.3) is 10.9 Å². The molecule has 0 saturated heterocycles. The average Bonchev–Trinajstić information content (AvgIpc) is 2.39. The number of hydrogen-bond acceptors (Lipinski definition) is 3. The molecule has 0 aliphatic carbocycles. The van der Waals surface area contributed by atoms with E-state index in [-0.39, 0.29) is 17.4 Å². The Balaban J connectivity index is 2.51. The Morgan fingerprint density at radius 3 is 2.64 bits per heavy atom. The number of nitrogens with zero attached hydrogens (tertiary/aromatic N) is 1. The molecule has 0 fully saturated rings. The van der Waals surface area contributed by atoms with E-state index in [0.717, 1.165) is 5.56 Å². The lowest BCUT2D eigenvalue weighted by Gasteiger charge is -2.13. The van der Waals surface area contributed by atoms with Gasteiger partial charge in [0.15, 0.2) is 0 Å². The van der Waals surface area contributed by atoms with E-state index in [1.165, 1.54) is 13.2 Å². The van der Waals surface area contributed by atoms with Crippen LogP contribution >= 0.6 is 11.6 Å². The fourth-order valence-corrected chi connectivity index (χ4v) is 2.24. The molecule has 8 heteroatoms. The highest BCUT2D eigenvalue weighted by atomic mass is 35.5. The summed E-state index contributed by atoms with van der Waals surface area (Å²) >= 11 is 5.90. The van der Waals surface area contributed by atoms with E-state index in [1.807, 2.05) is 5.32 Å². The van der Waals surface area contributed by atoms with Crippen molar-refractivity contribution in [2.75, 3.05) is 12.4 Å². The summed E-state index contributed by atoms with van der Waals surface area (Å²) in [6, 6.07) is 4.62. The molecule has 0 aliphatic rings. The first-order valence-corrected chi connectivity index (χ1v) is 6.57. The summed E-state index contributed by atoms with van der Waals surface area (Å²) in [6.07, 6.45) is -4.95. The fraction of sp³-hybridized carbons (Fsp3) is 0.286. The molecule has 1 heterocycles. The van der Waals surface area contributed by atoms with Crippen molar-refractivity contribution in [1.82, 2.24) is 4.98 Å². The lowest BCUT2D eigenvalue weighted by molar-refractivity contribution is -0.167. The monoisotopic (exact) mass is 332 g/mol. The Labute approximate surface area is 129 Å². The summed E-state index contributed by atoms with van der Waals surface area (Å²) in [5.74, 6) is -2.03. The first-order chi connectivity index (χ1) is 10.2. The lowest BCUT2D eigenvalue weighted by Crippen LogP contribution is -2.30. The number of ether oxygens (including phenoxy) is 1. The molecule has 0 aliphatic heterocycles. The zero-order valence-corrected chi connectivity index (χ0v) is 12.5. The predicted octanol–water partition coefficient (Wildman–Crippen LogP) is 3.84. The van der Waals surface area contributed by atoms with Gasteiger partial charge in [0.2, 0.25) is 0 Å². The molecule has 0 spiro atoms. The third-order valence-electron chi connectivity index (χ3n) is 3.01. The fourth-order valence-electron chi connectivity index (χ4n) is 2.02. The van der Waals surface area contributed by atoms with E-state index in [9.17, 15) is 18.0 Å². The SMILES string of the molecule is COCc1cc(Cl)nc2cc(NC(=O)C(F)(F)F)c(C)cc12. The van der Waals surface area contributed by atoms with Crippen LogP contribution in [0, 0.1) is 6.92 Å². The van der Waals surface area contributed by atoms with Gasteiger partial charge in [-0.05, 0) is 36.2 Å². The zero-order chi connectivity index (χ0) is 16.5. The van der Waals surface area contributed by atoms with E-state index >= 15 is 0 Å². The number of aryl methyl sites for hydroxylation is 1. The number of pyridine rings is 1. The normalized spacial score (nSPS) is 11.7. The molecule has 0 unspecified atom stereocenters. The molecule has 4 nitrogen and oxygen atoms in total. The standard InChI is InChI=1S/C14H12ClF3N2O2/c1-7-3-9-8(6-22-2)4-12(15)19-11(9)5-10(7)20-13(21)14(16,17)18/h3-5H,6H2,1-2H3,(H,20,21). The maximum Gasteiger partial charge on any atom is 0.471 e. The third-order valence-corrected chi connectivity index (χ3v) is 3.21. The first-order valence-electron chi connectivity index (χ1n) is 6.19. The van der Waals surface area contributed by atoms with Gasteiger partial charge in [0.1, 0.15) is 5.15 Å². The summed E-state index contributed by atoms with van der Waals surface area (Å²) in [6.45, 7) is 1.88. The molecular formula is C14H12ClF3N2O2. The highest BCUT2D eigenvalue weighted by Gasteiger charge is 2.38. The summed E-state index contributed by atoms with van der Waals surface area (Å²) in [5.41, 5.74) is 1.65. The largest absolute Gasteiger partial charge is 0.471 e. The number of rotatable bonds is 3. The van der Waals surface area contributed by atoms with Gasteiger partial charge >= 0.3 is 12.1 Å². The molecule has 2 aromatic rings. The number of carbonyl (C=O) groups excluding carboxylic acids is 1. The van der Waals surface area contributed by atoms with Gasteiger partial charge in [-0.15, -0.1) is 0 Å². The molecule has 1 amide bonds. The number of carbonyl (C=O) groups is 1. The number of alkyl halides is 3. The smallest absolute Gasteiger partial charge is 0.380 e. The Morgan fingerprint density at radius 1 is 1.36 bits per heavy atom. The van der Waals surface area contributed by atoms with E-state index in [1.54, 1.807) is 19.1 Å². The van der Waals surface area contributed by atoms with Crippen LogP contribution < -0.4 is 5.32 Å². The quantitative estimate of drug-likeness (QED) is 0.869. The zero-order valence-electron chi connectivity index (χ0n) is 11.7. The number of anilines is 1. The minimum Gasteiger partial charge on any atom is -0.380 e. The Hall–Kier alpha value is -1.86. The van der Waals surface area contributed by atoms with Crippen LogP contribution in [0.5, 0.6) is 0 Å². The molecule has 0 atom stereocenters. The Morgan fingerprint density at radius 2 is 2.05 bits per heavy atom. The van der Waals surface area contributed by atoms with Gasteiger partial charge in [-0.25, -0.2) is 4.98 Å². The number of benzene rings is 1. The molecule has 1 N–H and O–H groups in total. The maximum atomic E-state index is 12.3. The van der Waals surface area contributed by atoms with Crippen LogP contribution in [0.15, 0.2) is 18.2 Å². The molecule has 0 saturated carbocycles. The van der Waals surface area contributed by atoms with Crippen molar-refractivity contribution in [3.63, 3.8) is 0 Å². The van der Waals surface area contributed by atoms with E-state index < -0.39 is 12.1 Å². The van der Waals surface area contributed by atoms with Crippen LogP contribution in [0.4, 0.5) is 18.9 Å². The second kappa shape index (κ2) is 6.10. The van der Waals surface area contributed by atoms with Gasteiger partial charge < -0.3 is 10.1 Å². The molecule has 1 aromatic heterocycles. The molecule has 118 valence electrons. The van der Waals surface area contributed by atoms with Crippen molar-refractivity contribution < 1.29 is 22.7 Å². The van der Waals surface area contributed by atoms with Gasteiger partial charge in [0.25, 0.3) is 0 Å². The molecule has 1 aromatic carbocycles. The topological polar surface area (TPSA) is 51.2 Å². The number of nitrogens with one attached hydrogen (secondary N) is 1. The van der Waals surface area contributed by atoms with Gasteiger partial charge in [0, 0.05) is 18.2 Å². The summed E-state index contributed by atoms with van der Waals surface area (Å²) in [7, 11) is 1.52. The summed E-state index contributed by atoms with van der Waals surface area (Å²) in [4.78, 5) is 15.1. The van der Waals surface area contributed by atoms with Gasteiger partial charge in [-0.1, -0.05) is 11.6 Å². The molecule has 0 bridgehead atoms. The Bertz CT molecular complexity index is 732. The van der Waals surface area contributed by atoms with E-state index in [0.29, 0.717) is 16.5 Å². The second-order valence-corrected chi connectivity index (χ2v) is 5.06. The summed E-state index contributed by atoms with van der Waals surface area (Å²) < 4.78 is 42.1. The lowest BCUT2D eigenvalue weighted by atomic mass is 10.1. The van der Waals surface area contributed by atoms with Gasteiger partial charge in [0.05, 0.1) is 12.1 Å². The number of fused-ring (bicyclic) bond motifs is 1. The van der Waals surface area contributed by atoms with Crippen LogP contribution in [0.2, 0.25) is 5.15 Å². The van der Waals surface area contributed by atoms with Crippen molar-refractivity contribution in [1.29, 1.82) is 0 Å². The highest BCUT2D eigenvalue weighted by Crippen LogP contribution is 2.28. The second-order valence-electron chi connectivity index (χ2n) is 4.67. The number of hydrogen-bond donors (Lipinski definition) is 1. The van der Waals surface area contributed by atoms with Crippen LogP contribution in [0.1, 0.15) is 11.1 Å². The predicted molar refractivity (Wildman–Crippen MR) is 76.9 cm³/mol. The maximum absolute atomic E-state index is 12.3. The van der Waals surface area contributed by atoms with Gasteiger partial charge in [-0.2, -0.15) is 13.2 Å². The minimum absolute atomic E-state index is 0.0351. The highest BCUT2D eigenvalue weighted by molar-refractivity contribution is 6.30. The van der Waals surface area contributed by atoms with Crippen molar-refractivity contribution in [2.45, 2.75) is 19.7 Å². The molecule has 22 heavy (non-hydrogen) atoms. The van der Waals surface area contributed by atoms with Crippen molar-refractivity contribution in [3.05, 3.63) is 34.5 Å². The van der Waals surface area contributed by atoms with E-state index in [4.69, 9.17) is 16.3 Å².